The van der Waals surface area contributed by atoms with Crippen LogP contribution in [0.25, 0.3) is 0 Å². The second kappa shape index (κ2) is 5.03. The Balaban J connectivity index is 1.70. The average Bonchev–Trinajstić information content (AvgIpc) is 2.66. The number of ether oxygens (including phenoxy) is 1. The van der Waals surface area contributed by atoms with Crippen LogP contribution in [-0.2, 0) is 4.74 Å². The lowest BCUT2D eigenvalue weighted by Crippen LogP contribution is -2.53. The van der Waals surface area contributed by atoms with Crippen LogP contribution in [-0.4, -0.2) is 31.8 Å². The molecule has 0 atom stereocenters. The molecule has 1 heterocycles. The first-order valence-electron chi connectivity index (χ1n) is 6.69. The normalized spacial score (nSPS) is 28.1. The van der Waals surface area contributed by atoms with Crippen molar-refractivity contribution >= 4 is 0 Å². The van der Waals surface area contributed by atoms with Crippen LogP contribution in [0.15, 0.2) is 0 Å². The number of nitrogens with one attached hydrogen (secondary N) is 1. The molecule has 1 saturated heterocycles. The molecular weight excluding hydrogens is 200 g/mol. The molecule has 0 bridgehead atoms. The molecule has 0 amide bonds. The van der Waals surface area contributed by atoms with Crippen molar-refractivity contribution in [1.82, 2.24) is 5.32 Å². The zero-order valence-electron chi connectivity index (χ0n) is 10.6. The molecule has 2 fully saturated rings. The molecule has 2 rings (SSSR count). The molecule has 3 heteroatoms. The van der Waals surface area contributed by atoms with Gasteiger partial charge in [-0.1, -0.05) is 19.8 Å². The SMILES string of the molecule is CC1(CNCC2(N)CCOCC2)CCCC1. The van der Waals surface area contributed by atoms with Gasteiger partial charge in [-0.25, -0.2) is 0 Å². The minimum atomic E-state index is -0.0206. The van der Waals surface area contributed by atoms with Crippen molar-refractivity contribution in [3.05, 3.63) is 0 Å². The van der Waals surface area contributed by atoms with Gasteiger partial charge in [0, 0.05) is 31.8 Å². The summed E-state index contributed by atoms with van der Waals surface area (Å²) in [5.41, 5.74) is 6.85. The van der Waals surface area contributed by atoms with Crippen molar-refractivity contribution < 1.29 is 4.74 Å². The van der Waals surface area contributed by atoms with E-state index in [-0.39, 0.29) is 5.54 Å². The Morgan fingerprint density at radius 2 is 1.69 bits per heavy atom. The van der Waals surface area contributed by atoms with Crippen molar-refractivity contribution in [1.29, 1.82) is 0 Å². The first-order chi connectivity index (χ1) is 7.62. The Kier molecular flexibility index (Phi) is 3.88. The van der Waals surface area contributed by atoms with Crippen molar-refractivity contribution in [3.63, 3.8) is 0 Å². The molecule has 0 aromatic heterocycles. The third kappa shape index (κ3) is 3.19. The predicted octanol–water partition coefficient (Wildman–Crippen LogP) is 1.66. The van der Waals surface area contributed by atoms with Crippen LogP contribution >= 0.6 is 0 Å². The fourth-order valence-electron chi connectivity index (χ4n) is 2.97. The standard InChI is InChI=1S/C13H26N2O/c1-12(4-2-3-5-12)10-15-11-13(14)6-8-16-9-7-13/h15H,2-11,14H2,1H3. The second-order valence-corrected chi connectivity index (χ2v) is 6.10. The van der Waals surface area contributed by atoms with E-state index in [0.717, 1.165) is 39.1 Å². The van der Waals surface area contributed by atoms with Gasteiger partial charge in [0.05, 0.1) is 0 Å². The maximum Gasteiger partial charge on any atom is 0.0484 e. The van der Waals surface area contributed by atoms with Gasteiger partial charge in [-0.15, -0.1) is 0 Å². The van der Waals surface area contributed by atoms with Crippen molar-refractivity contribution in [2.75, 3.05) is 26.3 Å². The van der Waals surface area contributed by atoms with E-state index >= 15 is 0 Å². The summed E-state index contributed by atoms with van der Waals surface area (Å²) in [4.78, 5) is 0. The van der Waals surface area contributed by atoms with Crippen molar-refractivity contribution in [2.24, 2.45) is 11.1 Å². The van der Waals surface area contributed by atoms with E-state index in [4.69, 9.17) is 10.5 Å². The zero-order valence-corrected chi connectivity index (χ0v) is 10.6. The Morgan fingerprint density at radius 3 is 2.31 bits per heavy atom. The highest BCUT2D eigenvalue weighted by Crippen LogP contribution is 2.36. The highest BCUT2D eigenvalue weighted by Gasteiger charge is 2.31. The van der Waals surface area contributed by atoms with E-state index in [1.165, 1.54) is 25.7 Å². The molecule has 0 spiro atoms. The van der Waals surface area contributed by atoms with Gasteiger partial charge in [0.1, 0.15) is 0 Å². The van der Waals surface area contributed by atoms with Crippen molar-refractivity contribution in [2.45, 2.75) is 51.0 Å². The summed E-state index contributed by atoms with van der Waals surface area (Å²) in [5.74, 6) is 0. The first kappa shape index (κ1) is 12.3. The summed E-state index contributed by atoms with van der Waals surface area (Å²) >= 11 is 0. The van der Waals surface area contributed by atoms with Gasteiger partial charge < -0.3 is 15.8 Å². The molecule has 1 saturated carbocycles. The van der Waals surface area contributed by atoms with Gasteiger partial charge >= 0.3 is 0 Å². The topological polar surface area (TPSA) is 47.3 Å². The number of hydrogen-bond acceptors (Lipinski definition) is 3. The molecule has 2 aliphatic rings. The summed E-state index contributed by atoms with van der Waals surface area (Å²) in [5, 5.41) is 3.60. The smallest absolute Gasteiger partial charge is 0.0484 e. The molecule has 0 unspecified atom stereocenters. The fourth-order valence-corrected chi connectivity index (χ4v) is 2.97. The van der Waals surface area contributed by atoms with E-state index < -0.39 is 0 Å². The van der Waals surface area contributed by atoms with Gasteiger partial charge in [0.25, 0.3) is 0 Å². The Morgan fingerprint density at radius 1 is 1.06 bits per heavy atom. The Labute approximate surface area is 99.1 Å². The third-order valence-corrected chi connectivity index (χ3v) is 4.33. The molecule has 16 heavy (non-hydrogen) atoms. The molecule has 0 aromatic rings. The van der Waals surface area contributed by atoms with Gasteiger partial charge in [0.2, 0.25) is 0 Å². The lowest BCUT2D eigenvalue weighted by molar-refractivity contribution is 0.0523. The third-order valence-electron chi connectivity index (χ3n) is 4.33. The quantitative estimate of drug-likeness (QED) is 0.766. The summed E-state index contributed by atoms with van der Waals surface area (Å²) in [6.45, 7) is 6.14. The van der Waals surface area contributed by atoms with Crippen molar-refractivity contribution in [3.8, 4) is 0 Å². The highest BCUT2D eigenvalue weighted by atomic mass is 16.5. The summed E-state index contributed by atoms with van der Waals surface area (Å²) in [6.07, 6.45) is 7.55. The molecule has 3 N–H and O–H groups in total. The largest absolute Gasteiger partial charge is 0.381 e. The molecule has 0 radical (unpaired) electrons. The van der Waals surface area contributed by atoms with E-state index in [1.807, 2.05) is 0 Å². The average molecular weight is 226 g/mol. The Hall–Kier alpha value is -0.120. The first-order valence-corrected chi connectivity index (χ1v) is 6.69. The van der Waals surface area contributed by atoms with Crippen LogP contribution in [0.4, 0.5) is 0 Å². The van der Waals surface area contributed by atoms with Crippen LogP contribution in [0.3, 0.4) is 0 Å². The summed E-state index contributed by atoms with van der Waals surface area (Å²) < 4.78 is 5.36. The monoisotopic (exact) mass is 226 g/mol. The van der Waals surface area contributed by atoms with Gasteiger partial charge in [-0.3, -0.25) is 0 Å². The highest BCUT2D eigenvalue weighted by molar-refractivity contribution is 4.90. The summed E-state index contributed by atoms with van der Waals surface area (Å²) in [7, 11) is 0. The number of nitrogens with two attached hydrogens (primary N) is 1. The maximum absolute atomic E-state index is 6.34. The lowest BCUT2D eigenvalue weighted by Gasteiger charge is -2.35. The maximum atomic E-state index is 6.34. The molecule has 0 aromatic carbocycles. The van der Waals surface area contributed by atoms with Gasteiger partial charge in [-0.2, -0.15) is 0 Å². The van der Waals surface area contributed by atoms with E-state index in [2.05, 4.69) is 12.2 Å². The van der Waals surface area contributed by atoms with E-state index in [9.17, 15) is 0 Å². The number of rotatable bonds is 4. The zero-order chi connectivity index (χ0) is 11.5. The Bertz CT molecular complexity index is 218. The predicted molar refractivity (Wildman–Crippen MR) is 66.4 cm³/mol. The molecule has 1 aliphatic heterocycles. The fraction of sp³-hybridized carbons (Fsp3) is 1.00. The molecular formula is C13H26N2O. The lowest BCUT2D eigenvalue weighted by atomic mass is 9.87. The molecule has 94 valence electrons. The second-order valence-electron chi connectivity index (χ2n) is 6.10. The van der Waals surface area contributed by atoms with Gasteiger partial charge in [0.15, 0.2) is 0 Å². The molecule has 3 nitrogen and oxygen atoms in total. The minimum Gasteiger partial charge on any atom is -0.381 e. The van der Waals surface area contributed by atoms with Crippen LogP contribution in [0.1, 0.15) is 45.4 Å². The van der Waals surface area contributed by atoms with Crippen LogP contribution in [0.5, 0.6) is 0 Å². The summed E-state index contributed by atoms with van der Waals surface area (Å²) in [6, 6.07) is 0. The molecule has 1 aliphatic carbocycles. The van der Waals surface area contributed by atoms with E-state index in [0.29, 0.717) is 5.41 Å². The number of hydrogen-bond donors (Lipinski definition) is 2. The van der Waals surface area contributed by atoms with Crippen LogP contribution < -0.4 is 11.1 Å². The minimum absolute atomic E-state index is 0.0206. The van der Waals surface area contributed by atoms with E-state index in [1.54, 1.807) is 0 Å². The van der Waals surface area contributed by atoms with Crippen LogP contribution in [0.2, 0.25) is 0 Å². The van der Waals surface area contributed by atoms with Crippen LogP contribution in [0, 0.1) is 5.41 Å². The van der Waals surface area contributed by atoms with Gasteiger partial charge in [-0.05, 0) is 31.1 Å².